The topological polar surface area (TPSA) is 60.7 Å². The number of aliphatic hydroxyl groups excluding tert-OH is 1. The Labute approximate surface area is 187 Å². The van der Waals surface area contributed by atoms with Crippen LogP contribution in [0.25, 0.3) is 0 Å². The van der Waals surface area contributed by atoms with E-state index in [4.69, 9.17) is 0 Å². The predicted molar refractivity (Wildman–Crippen MR) is 131 cm³/mol. The van der Waals surface area contributed by atoms with E-state index < -0.39 is 25.9 Å². The Morgan fingerprint density at radius 1 is 1.07 bits per heavy atom. The second-order valence-corrected chi connectivity index (χ2v) is 13.6. The average Bonchev–Trinajstić information content (AvgIpc) is 2.69. The van der Waals surface area contributed by atoms with E-state index in [9.17, 15) is 19.7 Å². The number of hydrogen-bond donors (Lipinski definition) is 3. The second-order valence-electron chi connectivity index (χ2n) is 7.74. The van der Waals surface area contributed by atoms with Crippen LogP contribution in [0, 0.1) is 22.2 Å². The molecule has 2 atom stereocenters. The molecule has 0 fully saturated rings. The van der Waals surface area contributed by atoms with Gasteiger partial charge in [-0.25, -0.2) is 0 Å². The molecule has 3 N–H and O–H groups in total. The molecule has 3 nitrogen and oxygen atoms in total. The van der Waals surface area contributed by atoms with Gasteiger partial charge >= 0.3 is 187 Å². The van der Waals surface area contributed by atoms with Crippen molar-refractivity contribution in [1.82, 2.24) is 0 Å². The van der Waals surface area contributed by atoms with Gasteiger partial charge in [0.2, 0.25) is 0 Å². The standard InChI is InChI=1S/C25H34FIO3/c1-5-7-19(25(30)22-12-11-21(28)16-24(22)29)9-8-18(4)27(14-6-2)23-13-10-20(26)15-17(23)3/h10-13,15-16,19,25,28-30H,4-9,14H2,1-3H3. The number of phenolic OH excluding ortho intramolecular Hbond substituents is 2. The molecule has 2 aromatic carbocycles. The van der Waals surface area contributed by atoms with Crippen LogP contribution in [0.1, 0.15) is 63.2 Å². The van der Waals surface area contributed by atoms with Crippen molar-refractivity contribution in [2.24, 2.45) is 5.92 Å². The van der Waals surface area contributed by atoms with Gasteiger partial charge in [0.25, 0.3) is 0 Å². The number of rotatable bonds is 11. The van der Waals surface area contributed by atoms with Gasteiger partial charge in [-0.2, -0.15) is 0 Å². The molecule has 0 aliphatic heterocycles. The molecule has 0 saturated carbocycles. The van der Waals surface area contributed by atoms with Gasteiger partial charge in [-0.3, -0.25) is 0 Å². The molecule has 0 aliphatic carbocycles. The monoisotopic (exact) mass is 528 g/mol. The van der Waals surface area contributed by atoms with Crippen molar-refractivity contribution in [2.75, 3.05) is 4.43 Å². The van der Waals surface area contributed by atoms with E-state index in [0.29, 0.717) is 5.56 Å². The van der Waals surface area contributed by atoms with Crippen LogP contribution >= 0.6 is 19.8 Å². The number of phenols is 2. The Bertz CT molecular complexity index is 852. The summed E-state index contributed by atoms with van der Waals surface area (Å²) in [4.78, 5) is 0. The third-order valence-corrected chi connectivity index (χ3v) is 12.4. The van der Waals surface area contributed by atoms with E-state index >= 15 is 0 Å². The van der Waals surface area contributed by atoms with Crippen LogP contribution in [-0.2, 0) is 0 Å². The number of halogens is 2. The quantitative estimate of drug-likeness (QED) is 0.216. The molecule has 30 heavy (non-hydrogen) atoms. The molecule has 2 aromatic rings. The van der Waals surface area contributed by atoms with Crippen LogP contribution in [0.4, 0.5) is 4.39 Å². The summed E-state index contributed by atoms with van der Waals surface area (Å²) >= 11 is -1.68. The van der Waals surface area contributed by atoms with E-state index in [2.05, 4.69) is 20.4 Å². The van der Waals surface area contributed by atoms with Crippen molar-refractivity contribution in [2.45, 2.75) is 59.0 Å². The van der Waals surface area contributed by atoms with Gasteiger partial charge in [-0.1, -0.05) is 0 Å². The first kappa shape index (κ1) is 24.7. The molecular weight excluding hydrogens is 494 g/mol. The van der Waals surface area contributed by atoms with Crippen molar-refractivity contribution < 1.29 is 19.7 Å². The fraction of sp³-hybridized carbons (Fsp3) is 0.440. The summed E-state index contributed by atoms with van der Waals surface area (Å²) in [7, 11) is 0. The van der Waals surface area contributed by atoms with Crippen molar-refractivity contribution in [3.05, 3.63) is 67.1 Å². The fourth-order valence-corrected chi connectivity index (χ4v) is 9.76. The summed E-state index contributed by atoms with van der Waals surface area (Å²) in [6, 6.07) is 9.44. The van der Waals surface area contributed by atoms with E-state index in [0.717, 1.165) is 42.1 Å². The van der Waals surface area contributed by atoms with E-state index in [-0.39, 0.29) is 23.2 Å². The Morgan fingerprint density at radius 2 is 1.80 bits per heavy atom. The van der Waals surface area contributed by atoms with Gasteiger partial charge in [0, 0.05) is 0 Å². The number of aliphatic hydroxyl groups is 1. The third-order valence-electron chi connectivity index (χ3n) is 5.29. The number of alkyl halides is 1. The maximum atomic E-state index is 13.6. The minimum atomic E-state index is -1.68. The molecule has 0 amide bonds. The summed E-state index contributed by atoms with van der Waals surface area (Å²) in [5.74, 6) is -0.304. The molecule has 0 aromatic heterocycles. The van der Waals surface area contributed by atoms with E-state index in [1.54, 1.807) is 18.2 Å². The Kier molecular flexibility index (Phi) is 9.62. The SMILES string of the molecule is C=C(CCC(CCC)C(O)c1ccc(O)cc1O)I(CCC)c1ccc(F)cc1C. The third kappa shape index (κ3) is 6.45. The van der Waals surface area contributed by atoms with Crippen LogP contribution in [0.15, 0.2) is 46.6 Å². The van der Waals surface area contributed by atoms with Crippen LogP contribution < -0.4 is 0 Å². The first-order chi connectivity index (χ1) is 14.3. The zero-order valence-electron chi connectivity index (χ0n) is 18.2. The van der Waals surface area contributed by atoms with Crippen LogP contribution in [0.2, 0.25) is 0 Å². The van der Waals surface area contributed by atoms with Crippen molar-refractivity contribution in [3.8, 4) is 11.5 Å². The number of aryl methyl sites for hydroxylation is 1. The van der Waals surface area contributed by atoms with Gasteiger partial charge < -0.3 is 0 Å². The summed E-state index contributed by atoms with van der Waals surface area (Å²) in [6.45, 7) is 10.7. The van der Waals surface area contributed by atoms with Gasteiger partial charge in [0.15, 0.2) is 0 Å². The Morgan fingerprint density at radius 3 is 2.40 bits per heavy atom. The number of allylic oxidation sites excluding steroid dienone is 1. The molecule has 166 valence electrons. The summed E-state index contributed by atoms with van der Waals surface area (Å²) in [5.41, 5.74) is 1.46. The molecule has 0 bridgehead atoms. The molecular formula is C25H34FIO3. The Hall–Kier alpha value is -1.60. The molecule has 0 spiro atoms. The number of aromatic hydroxyl groups is 2. The van der Waals surface area contributed by atoms with Crippen LogP contribution in [0.3, 0.4) is 0 Å². The number of benzene rings is 2. The minimum absolute atomic E-state index is 0.00384. The first-order valence-corrected chi connectivity index (χ1v) is 14.3. The van der Waals surface area contributed by atoms with Crippen molar-refractivity contribution in [3.63, 3.8) is 0 Å². The maximum absolute atomic E-state index is 13.6. The second kappa shape index (κ2) is 11.7. The summed E-state index contributed by atoms with van der Waals surface area (Å²) in [6.07, 6.45) is 3.66. The van der Waals surface area contributed by atoms with Crippen molar-refractivity contribution >= 4 is 19.8 Å². The number of hydrogen-bond acceptors (Lipinski definition) is 3. The zero-order valence-corrected chi connectivity index (χ0v) is 20.3. The van der Waals surface area contributed by atoms with Gasteiger partial charge in [-0.05, 0) is 0 Å². The molecule has 2 rings (SSSR count). The van der Waals surface area contributed by atoms with Gasteiger partial charge in [-0.15, -0.1) is 0 Å². The molecule has 5 heteroatoms. The van der Waals surface area contributed by atoms with Gasteiger partial charge in [0.05, 0.1) is 0 Å². The molecule has 0 heterocycles. The normalized spacial score (nSPS) is 13.7. The summed E-state index contributed by atoms with van der Waals surface area (Å²) < 4.78 is 17.2. The van der Waals surface area contributed by atoms with E-state index in [1.807, 2.05) is 13.0 Å². The predicted octanol–water partition coefficient (Wildman–Crippen LogP) is 7.08. The van der Waals surface area contributed by atoms with Crippen molar-refractivity contribution in [1.29, 1.82) is 0 Å². The first-order valence-electron chi connectivity index (χ1n) is 10.6. The Balaban J connectivity index is 2.15. The zero-order chi connectivity index (χ0) is 22.3. The van der Waals surface area contributed by atoms with Gasteiger partial charge in [0.1, 0.15) is 0 Å². The summed E-state index contributed by atoms with van der Waals surface area (Å²) in [5, 5.41) is 30.6. The molecule has 0 saturated heterocycles. The molecule has 0 aliphatic rings. The van der Waals surface area contributed by atoms with E-state index in [1.165, 1.54) is 19.3 Å². The fourth-order valence-electron chi connectivity index (χ4n) is 3.76. The molecule has 2 unspecified atom stereocenters. The van der Waals surface area contributed by atoms with Crippen LogP contribution in [0.5, 0.6) is 11.5 Å². The molecule has 0 radical (unpaired) electrons. The average molecular weight is 528 g/mol. The van der Waals surface area contributed by atoms with Crippen LogP contribution in [-0.4, -0.2) is 19.7 Å².